The molecule has 144 valence electrons. The Balaban J connectivity index is 1.65. The van der Waals surface area contributed by atoms with Crippen LogP contribution in [0.5, 0.6) is 0 Å². The molecular formula is C17H25ClN4O3S. The van der Waals surface area contributed by atoms with Crippen molar-refractivity contribution in [1.82, 2.24) is 19.4 Å². The van der Waals surface area contributed by atoms with Gasteiger partial charge < -0.3 is 15.1 Å². The number of halogens is 1. The van der Waals surface area contributed by atoms with Gasteiger partial charge in [0.1, 0.15) is 0 Å². The van der Waals surface area contributed by atoms with Gasteiger partial charge >= 0.3 is 6.03 Å². The lowest BCUT2D eigenvalue weighted by atomic mass is 9.94. The summed E-state index contributed by atoms with van der Waals surface area (Å²) < 4.78 is 24.7. The Kier molecular flexibility index (Phi) is 5.76. The molecule has 0 aliphatic carbocycles. The number of benzene rings is 1. The highest BCUT2D eigenvalue weighted by molar-refractivity contribution is 7.88. The average Bonchev–Trinajstić information content (AvgIpc) is 3.05. The minimum atomic E-state index is -3.19. The maximum absolute atomic E-state index is 12.9. The zero-order valence-electron chi connectivity index (χ0n) is 15.1. The van der Waals surface area contributed by atoms with Crippen molar-refractivity contribution in [1.29, 1.82) is 0 Å². The van der Waals surface area contributed by atoms with Crippen LogP contribution in [0.1, 0.15) is 11.5 Å². The van der Waals surface area contributed by atoms with E-state index in [4.69, 9.17) is 11.6 Å². The molecule has 0 aromatic heterocycles. The van der Waals surface area contributed by atoms with E-state index in [1.165, 1.54) is 10.6 Å². The number of carbonyl (C=O) groups excluding carboxylic acids is 1. The number of hydrogen-bond acceptors (Lipinski definition) is 4. The number of urea groups is 1. The van der Waals surface area contributed by atoms with E-state index in [2.05, 4.69) is 5.32 Å². The summed E-state index contributed by atoms with van der Waals surface area (Å²) in [6, 6.07) is 7.93. The smallest absolute Gasteiger partial charge is 0.320 e. The van der Waals surface area contributed by atoms with Gasteiger partial charge in [-0.1, -0.05) is 23.7 Å². The summed E-state index contributed by atoms with van der Waals surface area (Å²) >= 11 is 5.98. The Morgan fingerprint density at radius 2 is 1.69 bits per heavy atom. The third kappa shape index (κ3) is 4.14. The van der Waals surface area contributed by atoms with Crippen LogP contribution in [0.3, 0.4) is 0 Å². The Labute approximate surface area is 159 Å². The second kappa shape index (κ2) is 7.72. The van der Waals surface area contributed by atoms with E-state index in [0.717, 1.165) is 5.56 Å². The predicted octanol–water partition coefficient (Wildman–Crippen LogP) is 1.02. The van der Waals surface area contributed by atoms with Crippen molar-refractivity contribution < 1.29 is 13.2 Å². The Bertz CT molecular complexity index is 748. The van der Waals surface area contributed by atoms with E-state index >= 15 is 0 Å². The molecule has 0 radical (unpaired) electrons. The summed E-state index contributed by atoms with van der Waals surface area (Å²) in [6.45, 7) is 2.84. The summed E-state index contributed by atoms with van der Waals surface area (Å²) in [5.74, 6) is 0.207. The number of hydrogen-bond donors (Lipinski definition) is 1. The minimum absolute atomic E-state index is 0.0186. The summed E-state index contributed by atoms with van der Waals surface area (Å²) in [5.41, 5.74) is 1.16. The van der Waals surface area contributed by atoms with Crippen LogP contribution in [0.15, 0.2) is 24.3 Å². The number of nitrogens with one attached hydrogen (secondary N) is 1. The van der Waals surface area contributed by atoms with Crippen LogP contribution in [0.2, 0.25) is 5.02 Å². The summed E-state index contributed by atoms with van der Waals surface area (Å²) in [7, 11) is -1.28. The first-order valence-corrected chi connectivity index (χ1v) is 10.9. The molecular weight excluding hydrogens is 376 g/mol. The Morgan fingerprint density at radius 1 is 1.08 bits per heavy atom. The fourth-order valence-corrected chi connectivity index (χ4v) is 4.66. The fourth-order valence-electron chi connectivity index (χ4n) is 3.71. The van der Waals surface area contributed by atoms with Crippen LogP contribution in [0.4, 0.5) is 4.79 Å². The van der Waals surface area contributed by atoms with Crippen LogP contribution in [0.25, 0.3) is 0 Å². The van der Waals surface area contributed by atoms with Gasteiger partial charge in [-0.05, 0) is 24.7 Å². The van der Waals surface area contributed by atoms with E-state index in [1.807, 2.05) is 36.2 Å². The lowest BCUT2D eigenvalue weighted by Crippen LogP contribution is -2.53. The quantitative estimate of drug-likeness (QED) is 0.822. The van der Waals surface area contributed by atoms with E-state index in [9.17, 15) is 13.2 Å². The van der Waals surface area contributed by atoms with Crippen LogP contribution < -0.4 is 5.32 Å². The Morgan fingerprint density at radius 3 is 2.23 bits per heavy atom. The van der Waals surface area contributed by atoms with Crippen LogP contribution >= 0.6 is 11.6 Å². The molecule has 2 aliphatic heterocycles. The number of likely N-dealkylation sites (tertiary alicyclic amines) is 1. The van der Waals surface area contributed by atoms with Gasteiger partial charge in [-0.25, -0.2) is 13.2 Å². The number of amides is 2. The largest absolute Gasteiger partial charge is 0.322 e. The number of sulfonamides is 1. The maximum atomic E-state index is 12.9. The first-order valence-electron chi connectivity index (χ1n) is 8.71. The molecule has 26 heavy (non-hydrogen) atoms. The molecule has 3 rings (SSSR count). The van der Waals surface area contributed by atoms with Gasteiger partial charge in [-0.3, -0.25) is 0 Å². The second-order valence-electron chi connectivity index (χ2n) is 6.89. The molecule has 2 atom stereocenters. The molecule has 0 unspecified atom stereocenters. The van der Waals surface area contributed by atoms with Crippen molar-refractivity contribution in [3.05, 3.63) is 34.9 Å². The number of likely N-dealkylation sites (N-methyl/N-ethyl adjacent to an activating group) is 1. The molecule has 9 heteroatoms. The van der Waals surface area contributed by atoms with Crippen molar-refractivity contribution in [3.8, 4) is 0 Å². The van der Waals surface area contributed by atoms with Crippen molar-refractivity contribution in [2.45, 2.75) is 12.0 Å². The van der Waals surface area contributed by atoms with Crippen LogP contribution in [-0.4, -0.2) is 87.2 Å². The number of rotatable bonds is 3. The molecule has 2 amide bonds. The lowest BCUT2D eigenvalue weighted by molar-refractivity contribution is 0.141. The molecule has 0 bridgehead atoms. The average molecular weight is 401 g/mol. The van der Waals surface area contributed by atoms with Crippen molar-refractivity contribution in [3.63, 3.8) is 0 Å². The van der Waals surface area contributed by atoms with Crippen LogP contribution in [0, 0.1) is 0 Å². The molecule has 0 spiro atoms. The van der Waals surface area contributed by atoms with Gasteiger partial charge in [-0.15, -0.1) is 0 Å². The summed E-state index contributed by atoms with van der Waals surface area (Å²) in [5, 5.41) is 4.01. The summed E-state index contributed by atoms with van der Waals surface area (Å²) in [6.07, 6.45) is 1.21. The molecule has 1 N–H and O–H groups in total. The molecule has 2 saturated heterocycles. The first kappa shape index (κ1) is 19.4. The highest BCUT2D eigenvalue weighted by Crippen LogP contribution is 2.29. The zero-order valence-corrected chi connectivity index (χ0v) is 16.6. The molecule has 2 heterocycles. The van der Waals surface area contributed by atoms with Gasteiger partial charge in [-0.2, -0.15) is 4.31 Å². The monoisotopic (exact) mass is 400 g/mol. The van der Waals surface area contributed by atoms with Gasteiger partial charge in [0.05, 0.1) is 6.26 Å². The topological polar surface area (TPSA) is 73.0 Å². The highest BCUT2D eigenvalue weighted by atomic mass is 35.5. The Hall–Kier alpha value is -1.35. The molecule has 7 nitrogen and oxygen atoms in total. The molecule has 2 fully saturated rings. The third-order valence-corrected chi connectivity index (χ3v) is 6.79. The molecule has 2 aliphatic rings. The third-order valence-electron chi connectivity index (χ3n) is 5.24. The van der Waals surface area contributed by atoms with Gasteiger partial charge in [0, 0.05) is 56.3 Å². The minimum Gasteiger partial charge on any atom is -0.322 e. The van der Waals surface area contributed by atoms with Crippen molar-refractivity contribution in [2.75, 3.05) is 52.6 Å². The normalized spacial score (nSPS) is 24.9. The predicted molar refractivity (Wildman–Crippen MR) is 102 cm³/mol. The SMILES string of the molecule is CN[C@H]1CN(C(=O)N2CCN(S(C)(=O)=O)CC2)C[C@@H]1c1ccc(Cl)cc1. The van der Waals surface area contributed by atoms with Crippen molar-refractivity contribution >= 4 is 27.7 Å². The van der Waals surface area contributed by atoms with E-state index < -0.39 is 10.0 Å². The van der Waals surface area contributed by atoms with Gasteiger partial charge in [0.2, 0.25) is 10.0 Å². The van der Waals surface area contributed by atoms with Crippen LogP contribution in [-0.2, 0) is 10.0 Å². The number of carbonyl (C=O) groups is 1. The maximum Gasteiger partial charge on any atom is 0.320 e. The molecule has 1 aromatic carbocycles. The van der Waals surface area contributed by atoms with E-state index in [1.54, 1.807) is 4.90 Å². The zero-order chi connectivity index (χ0) is 18.9. The van der Waals surface area contributed by atoms with Gasteiger partial charge in [0.15, 0.2) is 0 Å². The lowest BCUT2D eigenvalue weighted by Gasteiger charge is -2.35. The van der Waals surface area contributed by atoms with E-state index in [0.29, 0.717) is 44.3 Å². The summed E-state index contributed by atoms with van der Waals surface area (Å²) in [4.78, 5) is 16.5. The highest BCUT2D eigenvalue weighted by Gasteiger charge is 2.38. The second-order valence-corrected chi connectivity index (χ2v) is 9.31. The fraction of sp³-hybridized carbons (Fsp3) is 0.588. The standard InChI is InChI=1S/C17H25ClN4O3S/c1-19-16-12-21(11-15(16)13-3-5-14(18)6-4-13)17(23)20-7-9-22(10-8-20)26(2,24)25/h3-6,15-16,19H,7-12H2,1-2H3/t15-,16+/m1/s1. The molecule has 0 saturated carbocycles. The first-order chi connectivity index (χ1) is 12.3. The molecule has 1 aromatic rings. The number of piperazine rings is 1. The van der Waals surface area contributed by atoms with Crippen molar-refractivity contribution in [2.24, 2.45) is 0 Å². The van der Waals surface area contributed by atoms with E-state index in [-0.39, 0.29) is 18.0 Å². The number of nitrogens with zero attached hydrogens (tertiary/aromatic N) is 3. The van der Waals surface area contributed by atoms with Gasteiger partial charge in [0.25, 0.3) is 0 Å².